The lowest BCUT2D eigenvalue weighted by molar-refractivity contribution is -0.133. The fourth-order valence-corrected chi connectivity index (χ4v) is 4.07. The highest BCUT2D eigenvalue weighted by atomic mass is 16.4. The molecule has 0 aromatic heterocycles. The Morgan fingerprint density at radius 1 is 1.00 bits per heavy atom. The number of rotatable bonds is 3. The lowest BCUT2D eigenvalue weighted by Crippen LogP contribution is -2.35. The van der Waals surface area contributed by atoms with E-state index in [9.17, 15) is 19.8 Å². The molecule has 1 fully saturated rings. The number of nitrogens with zero attached hydrogens (tertiary/aromatic N) is 1. The van der Waals surface area contributed by atoms with Gasteiger partial charge in [-0.2, -0.15) is 0 Å². The third kappa shape index (κ3) is 2.95. The van der Waals surface area contributed by atoms with Gasteiger partial charge in [0.05, 0.1) is 17.1 Å². The Morgan fingerprint density at radius 3 is 2.32 bits per heavy atom. The molecular formula is C20H23NO4. The van der Waals surface area contributed by atoms with E-state index in [-0.39, 0.29) is 11.1 Å². The van der Waals surface area contributed by atoms with Crippen molar-refractivity contribution in [1.82, 2.24) is 4.90 Å². The number of carbonyl (C=O) groups is 2. The molecule has 132 valence electrons. The zero-order chi connectivity index (χ0) is 18.1. The second-order valence-corrected chi connectivity index (χ2v) is 6.72. The number of carboxylic acids is 2. The summed E-state index contributed by atoms with van der Waals surface area (Å²) in [7, 11) is 0. The van der Waals surface area contributed by atoms with Gasteiger partial charge in [-0.05, 0) is 44.2 Å². The van der Waals surface area contributed by atoms with E-state index in [4.69, 9.17) is 0 Å². The summed E-state index contributed by atoms with van der Waals surface area (Å²) >= 11 is 0. The van der Waals surface area contributed by atoms with Crippen LogP contribution in [0.4, 0.5) is 0 Å². The van der Waals surface area contributed by atoms with Crippen LogP contribution in [-0.2, 0) is 9.59 Å². The van der Waals surface area contributed by atoms with Crippen LogP contribution in [-0.4, -0.2) is 33.6 Å². The second kappa shape index (κ2) is 6.75. The molecule has 0 radical (unpaired) electrons. The Balaban J connectivity index is 2.30. The summed E-state index contributed by atoms with van der Waals surface area (Å²) in [5.74, 6) is -2.81. The van der Waals surface area contributed by atoms with Gasteiger partial charge in [-0.25, -0.2) is 9.59 Å². The minimum Gasteiger partial charge on any atom is -0.478 e. The van der Waals surface area contributed by atoms with Crippen molar-refractivity contribution in [3.05, 3.63) is 57.9 Å². The van der Waals surface area contributed by atoms with Crippen LogP contribution in [0.2, 0.25) is 0 Å². The zero-order valence-corrected chi connectivity index (χ0v) is 14.6. The molecule has 0 aliphatic carbocycles. The molecule has 5 nitrogen and oxygen atoms in total. The molecule has 25 heavy (non-hydrogen) atoms. The van der Waals surface area contributed by atoms with Gasteiger partial charge in [0.25, 0.3) is 0 Å². The summed E-state index contributed by atoms with van der Waals surface area (Å²) in [6.07, 6.45) is 3.57. The minimum absolute atomic E-state index is 0.178. The van der Waals surface area contributed by atoms with E-state index in [1.54, 1.807) is 6.92 Å². The topological polar surface area (TPSA) is 77.8 Å². The van der Waals surface area contributed by atoms with Crippen LogP contribution in [0.5, 0.6) is 0 Å². The molecule has 1 saturated heterocycles. The van der Waals surface area contributed by atoms with Gasteiger partial charge in [0.1, 0.15) is 0 Å². The first-order chi connectivity index (χ1) is 11.9. The first-order valence-corrected chi connectivity index (χ1v) is 8.67. The van der Waals surface area contributed by atoms with Gasteiger partial charge in [-0.15, -0.1) is 0 Å². The number of aliphatic carboxylic acids is 2. The van der Waals surface area contributed by atoms with E-state index in [1.165, 1.54) is 0 Å². The maximum absolute atomic E-state index is 12.2. The summed E-state index contributed by atoms with van der Waals surface area (Å²) in [4.78, 5) is 26.2. The van der Waals surface area contributed by atoms with Gasteiger partial charge in [-0.1, -0.05) is 30.7 Å². The summed E-state index contributed by atoms with van der Waals surface area (Å²) in [6.45, 7) is 4.38. The predicted octanol–water partition coefficient (Wildman–Crippen LogP) is 3.67. The maximum atomic E-state index is 12.2. The lowest BCUT2D eigenvalue weighted by Gasteiger charge is -2.37. The molecule has 3 rings (SSSR count). The van der Waals surface area contributed by atoms with Crippen molar-refractivity contribution in [1.29, 1.82) is 0 Å². The molecule has 0 spiro atoms. The standard InChI is InChI=1S/C20H23NO4/c1-12-8-5-6-9-14(12)17-16(19(22)23)13(2)21-11-7-3-4-10-15(21)18(17)20(24)25/h5-6,8-9,17H,3-4,7,10-11H2,1-2H3,(H,22,23)(H,24,25). The Labute approximate surface area is 147 Å². The highest BCUT2D eigenvalue weighted by Gasteiger charge is 2.41. The maximum Gasteiger partial charge on any atom is 0.334 e. The van der Waals surface area contributed by atoms with Crippen LogP contribution >= 0.6 is 0 Å². The van der Waals surface area contributed by atoms with Crippen LogP contribution in [0, 0.1) is 6.92 Å². The number of fused-ring (bicyclic) bond motifs is 1. The van der Waals surface area contributed by atoms with Crippen molar-refractivity contribution in [2.24, 2.45) is 0 Å². The van der Waals surface area contributed by atoms with Gasteiger partial charge >= 0.3 is 11.9 Å². The van der Waals surface area contributed by atoms with Crippen LogP contribution in [0.3, 0.4) is 0 Å². The minimum atomic E-state index is -1.05. The molecule has 0 saturated carbocycles. The van der Waals surface area contributed by atoms with Crippen LogP contribution in [0.1, 0.15) is 49.7 Å². The van der Waals surface area contributed by atoms with E-state index >= 15 is 0 Å². The Bertz CT molecular complexity index is 791. The SMILES string of the molecule is CC1=C(C(=O)O)C(c2ccccc2C)C(C(=O)O)=C2CCCCCN12. The Hall–Kier alpha value is -2.56. The van der Waals surface area contributed by atoms with Crippen molar-refractivity contribution >= 4 is 11.9 Å². The average molecular weight is 341 g/mol. The van der Waals surface area contributed by atoms with Crippen LogP contribution in [0.15, 0.2) is 46.8 Å². The van der Waals surface area contributed by atoms with Crippen molar-refractivity contribution in [2.45, 2.75) is 45.4 Å². The summed E-state index contributed by atoms with van der Waals surface area (Å²) in [5, 5.41) is 19.9. The molecule has 2 N–H and O–H groups in total. The smallest absolute Gasteiger partial charge is 0.334 e. The van der Waals surface area contributed by atoms with Crippen molar-refractivity contribution < 1.29 is 19.8 Å². The molecule has 1 aromatic rings. The average Bonchev–Trinajstić information content (AvgIpc) is 2.80. The van der Waals surface area contributed by atoms with Gasteiger partial charge < -0.3 is 15.1 Å². The molecule has 2 aliphatic rings. The molecule has 5 heteroatoms. The first-order valence-electron chi connectivity index (χ1n) is 8.67. The number of hydrogen-bond donors (Lipinski definition) is 2. The Morgan fingerprint density at radius 2 is 1.68 bits per heavy atom. The molecule has 2 heterocycles. The predicted molar refractivity (Wildman–Crippen MR) is 94.1 cm³/mol. The number of benzene rings is 1. The number of hydrogen-bond acceptors (Lipinski definition) is 3. The largest absolute Gasteiger partial charge is 0.478 e. The molecule has 1 aromatic carbocycles. The van der Waals surface area contributed by atoms with Gasteiger partial charge in [0, 0.05) is 17.9 Å². The van der Waals surface area contributed by atoms with Gasteiger partial charge in [-0.3, -0.25) is 0 Å². The van der Waals surface area contributed by atoms with E-state index in [0.29, 0.717) is 18.7 Å². The highest BCUT2D eigenvalue weighted by molar-refractivity contribution is 5.98. The normalized spacial score (nSPS) is 21.0. The Kier molecular flexibility index (Phi) is 4.66. The molecule has 0 bridgehead atoms. The summed E-state index contributed by atoms with van der Waals surface area (Å²) in [6, 6.07) is 7.45. The van der Waals surface area contributed by atoms with Crippen LogP contribution < -0.4 is 0 Å². The summed E-state index contributed by atoms with van der Waals surface area (Å²) < 4.78 is 0. The number of allylic oxidation sites excluding steroid dienone is 2. The van der Waals surface area contributed by atoms with Crippen molar-refractivity contribution in [3.63, 3.8) is 0 Å². The molecule has 0 amide bonds. The third-order valence-corrected chi connectivity index (χ3v) is 5.26. The van der Waals surface area contributed by atoms with E-state index in [2.05, 4.69) is 0 Å². The van der Waals surface area contributed by atoms with E-state index < -0.39 is 17.9 Å². The van der Waals surface area contributed by atoms with E-state index in [1.807, 2.05) is 36.1 Å². The fraction of sp³-hybridized carbons (Fsp3) is 0.400. The van der Waals surface area contributed by atoms with E-state index in [0.717, 1.165) is 36.1 Å². The van der Waals surface area contributed by atoms with Crippen molar-refractivity contribution in [2.75, 3.05) is 6.54 Å². The molecule has 1 atom stereocenters. The zero-order valence-electron chi connectivity index (χ0n) is 14.6. The lowest BCUT2D eigenvalue weighted by atomic mass is 9.77. The molecule has 1 unspecified atom stereocenters. The number of aryl methyl sites for hydroxylation is 1. The highest BCUT2D eigenvalue weighted by Crippen LogP contribution is 2.45. The first kappa shape index (κ1) is 17.3. The second-order valence-electron chi connectivity index (χ2n) is 6.72. The fourth-order valence-electron chi connectivity index (χ4n) is 4.07. The van der Waals surface area contributed by atoms with Crippen molar-refractivity contribution in [3.8, 4) is 0 Å². The summed E-state index contributed by atoms with van der Waals surface area (Å²) in [5.41, 5.74) is 3.51. The quantitative estimate of drug-likeness (QED) is 0.877. The molecular weight excluding hydrogens is 318 g/mol. The van der Waals surface area contributed by atoms with Crippen LogP contribution in [0.25, 0.3) is 0 Å². The number of carboxylic acid groups (broad SMARTS) is 2. The van der Waals surface area contributed by atoms with Gasteiger partial charge in [0.2, 0.25) is 0 Å². The monoisotopic (exact) mass is 341 g/mol. The third-order valence-electron chi connectivity index (χ3n) is 5.26. The van der Waals surface area contributed by atoms with Gasteiger partial charge in [0.15, 0.2) is 0 Å². The molecule has 2 aliphatic heterocycles.